The molecule has 4 aliphatic carbocycles. The Kier molecular flexibility index (Phi) is 5.85. The fourth-order valence-electron chi connectivity index (χ4n) is 8.61. The quantitative estimate of drug-likeness (QED) is 0.509. The maximum absolute atomic E-state index is 12.0. The van der Waals surface area contributed by atoms with Crippen LogP contribution in [-0.4, -0.2) is 37.2 Å². The van der Waals surface area contributed by atoms with Crippen molar-refractivity contribution in [3.05, 3.63) is 0 Å². The number of ether oxygens (including phenoxy) is 2. The highest BCUT2D eigenvalue weighted by molar-refractivity contribution is 5.88. The van der Waals surface area contributed by atoms with Gasteiger partial charge in [0, 0.05) is 6.42 Å². The Morgan fingerprint density at radius 1 is 1.00 bits per heavy atom. The number of carbonyl (C=O) groups is 2. The first-order valence-corrected chi connectivity index (χ1v) is 13.0. The van der Waals surface area contributed by atoms with Crippen molar-refractivity contribution in [3.63, 3.8) is 0 Å². The molecule has 1 amide bonds. The lowest BCUT2D eigenvalue weighted by Crippen LogP contribution is -2.53. The molecule has 1 heterocycles. The molecule has 0 aromatic heterocycles. The van der Waals surface area contributed by atoms with E-state index in [-0.39, 0.29) is 18.5 Å². The van der Waals surface area contributed by atoms with Gasteiger partial charge < -0.3 is 14.8 Å². The minimum atomic E-state index is -0.463. The lowest BCUT2D eigenvalue weighted by Gasteiger charge is -2.60. The number of rotatable bonds is 5. The fraction of sp³-hybridized carbons (Fsp3) is 0.923. The second kappa shape index (κ2) is 8.35. The second-order valence-corrected chi connectivity index (χ2v) is 11.8. The minimum Gasteiger partial charge on any atom is -0.462 e. The lowest BCUT2D eigenvalue weighted by molar-refractivity contribution is -0.151. The summed E-state index contributed by atoms with van der Waals surface area (Å²) in [6.45, 7) is 5.95. The zero-order chi connectivity index (χ0) is 21.6. The monoisotopic (exact) mass is 431 g/mol. The summed E-state index contributed by atoms with van der Waals surface area (Å²) in [6.07, 6.45) is 15.0. The topological polar surface area (TPSA) is 64.6 Å². The minimum absolute atomic E-state index is 0.0614. The van der Waals surface area contributed by atoms with Crippen molar-refractivity contribution >= 4 is 11.9 Å². The first-order valence-electron chi connectivity index (χ1n) is 13.0. The molecule has 5 heteroatoms. The van der Waals surface area contributed by atoms with Gasteiger partial charge in [-0.2, -0.15) is 0 Å². The van der Waals surface area contributed by atoms with Crippen LogP contribution in [0.2, 0.25) is 0 Å². The van der Waals surface area contributed by atoms with Gasteiger partial charge in [0.1, 0.15) is 12.6 Å². The van der Waals surface area contributed by atoms with Crippen LogP contribution >= 0.6 is 0 Å². The van der Waals surface area contributed by atoms with Gasteiger partial charge in [-0.1, -0.05) is 20.3 Å². The molecule has 1 N–H and O–H groups in total. The third-order valence-electron chi connectivity index (χ3n) is 10.4. The molecule has 0 bridgehead atoms. The van der Waals surface area contributed by atoms with E-state index in [9.17, 15) is 9.59 Å². The van der Waals surface area contributed by atoms with E-state index in [1.165, 1.54) is 57.8 Å². The smallest absolute Gasteiger partial charge is 0.328 e. The molecule has 1 saturated heterocycles. The molecule has 0 spiro atoms. The van der Waals surface area contributed by atoms with Crippen LogP contribution in [0.4, 0.5) is 0 Å². The number of fused-ring (bicyclic) bond motifs is 5. The number of amides is 1. The van der Waals surface area contributed by atoms with E-state index in [2.05, 4.69) is 19.2 Å². The maximum atomic E-state index is 12.0. The van der Waals surface area contributed by atoms with Crippen LogP contribution in [0.3, 0.4) is 0 Å². The van der Waals surface area contributed by atoms with Crippen LogP contribution in [0.15, 0.2) is 0 Å². The Hall–Kier alpha value is -1.10. The lowest BCUT2D eigenvalue weighted by atomic mass is 9.45. The van der Waals surface area contributed by atoms with E-state index in [1.54, 1.807) is 0 Å². The summed E-state index contributed by atoms with van der Waals surface area (Å²) in [4.78, 5) is 23.3. The van der Waals surface area contributed by atoms with E-state index in [1.807, 2.05) is 0 Å². The van der Waals surface area contributed by atoms with Crippen molar-refractivity contribution in [1.29, 1.82) is 0 Å². The third-order valence-corrected chi connectivity index (χ3v) is 10.4. The predicted octanol–water partition coefficient (Wildman–Crippen LogP) is 4.63. The normalized spacial score (nSPS) is 46.6. The van der Waals surface area contributed by atoms with Crippen LogP contribution in [0, 0.1) is 34.5 Å². The van der Waals surface area contributed by atoms with Gasteiger partial charge in [0.05, 0.1) is 12.7 Å². The molecule has 0 aromatic carbocycles. The zero-order valence-corrected chi connectivity index (χ0v) is 19.5. The van der Waals surface area contributed by atoms with Crippen LogP contribution in [0.5, 0.6) is 0 Å². The molecule has 5 fully saturated rings. The molecule has 174 valence electrons. The Labute approximate surface area is 187 Å². The Morgan fingerprint density at radius 2 is 1.87 bits per heavy atom. The predicted molar refractivity (Wildman–Crippen MR) is 118 cm³/mol. The second-order valence-electron chi connectivity index (χ2n) is 11.8. The largest absolute Gasteiger partial charge is 0.462 e. The average Bonchev–Trinajstić information content (AvgIpc) is 3.36. The molecule has 5 aliphatic rings. The van der Waals surface area contributed by atoms with Gasteiger partial charge in [-0.25, -0.2) is 4.79 Å². The highest BCUT2D eigenvalue weighted by Gasteiger charge is 2.57. The number of esters is 1. The molecule has 5 rings (SSSR count). The van der Waals surface area contributed by atoms with Gasteiger partial charge in [-0.05, 0) is 98.7 Å². The summed E-state index contributed by atoms with van der Waals surface area (Å²) in [7, 11) is 0. The summed E-state index contributed by atoms with van der Waals surface area (Å²) in [5, 5.41) is 2.66. The first kappa shape index (κ1) is 21.7. The van der Waals surface area contributed by atoms with Gasteiger partial charge in [0.2, 0.25) is 5.91 Å². The summed E-state index contributed by atoms with van der Waals surface area (Å²) in [5.74, 6) is 3.28. The molecular weight excluding hydrogens is 390 g/mol. The number of nitrogens with one attached hydrogen (secondary N) is 1. The number of hydrogen-bond acceptors (Lipinski definition) is 4. The molecular formula is C26H41NO4. The summed E-state index contributed by atoms with van der Waals surface area (Å²) < 4.78 is 11.5. The van der Waals surface area contributed by atoms with Gasteiger partial charge in [-0.3, -0.25) is 4.79 Å². The summed E-state index contributed by atoms with van der Waals surface area (Å²) >= 11 is 0. The van der Waals surface area contributed by atoms with E-state index < -0.39 is 6.04 Å². The fourth-order valence-corrected chi connectivity index (χ4v) is 8.61. The van der Waals surface area contributed by atoms with Gasteiger partial charge in [0.25, 0.3) is 0 Å². The molecule has 4 saturated carbocycles. The van der Waals surface area contributed by atoms with E-state index in [0.717, 1.165) is 30.1 Å². The van der Waals surface area contributed by atoms with Gasteiger partial charge >= 0.3 is 5.97 Å². The number of hydrogen-bond donors (Lipinski definition) is 1. The Bertz CT molecular complexity index is 710. The van der Waals surface area contributed by atoms with Crippen LogP contribution in [0.25, 0.3) is 0 Å². The molecule has 31 heavy (non-hydrogen) atoms. The van der Waals surface area contributed by atoms with Crippen molar-refractivity contribution < 1.29 is 19.1 Å². The molecule has 0 radical (unpaired) electrons. The average molecular weight is 432 g/mol. The molecule has 8 atom stereocenters. The van der Waals surface area contributed by atoms with Crippen molar-refractivity contribution in [3.8, 4) is 0 Å². The standard InChI is InChI=1S/C26H41NO4/c1-25-11-3-4-20(25)19-6-5-17-16-18(9-13-26(17,2)21(19)10-12-25)30-14-15-31-24(29)22-7-8-23(28)27-22/h17-22H,3-16H2,1-2H3,(H,27,28)/t17-,18-,19+,20+,21+,22?,25+,26+/m1/s1. The highest BCUT2D eigenvalue weighted by Crippen LogP contribution is 2.66. The summed E-state index contributed by atoms with van der Waals surface area (Å²) in [6, 6.07) is -0.463. The molecule has 1 aliphatic heterocycles. The molecule has 1 unspecified atom stereocenters. The van der Waals surface area contributed by atoms with E-state index in [0.29, 0.717) is 36.4 Å². The van der Waals surface area contributed by atoms with Gasteiger partial charge in [0.15, 0.2) is 0 Å². The summed E-state index contributed by atoms with van der Waals surface area (Å²) in [5.41, 5.74) is 1.14. The Morgan fingerprint density at radius 3 is 2.68 bits per heavy atom. The van der Waals surface area contributed by atoms with Crippen molar-refractivity contribution in [2.45, 2.75) is 103 Å². The number of carbonyl (C=O) groups excluding carboxylic acids is 2. The van der Waals surface area contributed by atoms with Crippen molar-refractivity contribution in [2.75, 3.05) is 13.2 Å². The van der Waals surface area contributed by atoms with Crippen LogP contribution in [-0.2, 0) is 19.1 Å². The SMILES string of the molecule is C[C@@]12CCC[C@H]1[C@@H]1CC[C@@H]3C[C@H](OCCOC(=O)C4CCC(=O)N4)CC[C@]3(C)[C@H]1CC2. The zero-order valence-electron chi connectivity index (χ0n) is 19.5. The van der Waals surface area contributed by atoms with Crippen molar-refractivity contribution in [1.82, 2.24) is 5.32 Å². The molecule has 5 nitrogen and oxygen atoms in total. The van der Waals surface area contributed by atoms with E-state index >= 15 is 0 Å². The first-order chi connectivity index (χ1) is 14.9. The van der Waals surface area contributed by atoms with Crippen LogP contribution in [0.1, 0.15) is 90.9 Å². The van der Waals surface area contributed by atoms with Crippen LogP contribution < -0.4 is 5.32 Å². The maximum Gasteiger partial charge on any atom is 0.328 e. The Balaban J connectivity index is 1.10. The van der Waals surface area contributed by atoms with Crippen molar-refractivity contribution in [2.24, 2.45) is 34.5 Å². The van der Waals surface area contributed by atoms with Gasteiger partial charge in [-0.15, -0.1) is 0 Å². The third kappa shape index (κ3) is 3.94. The highest BCUT2D eigenvalue weighted by atomic mass is 16.6. The molecule has 0 aromatic rings. The van der Waals surface area contributed by atoms with E-state index in [4.69, 9.17) is 9.47 Å².